The number of hydrogen-bond acceptors (Lipinski definition) is 7. The molecule has 144 valence electrons. The lowest BCUT2D eigenvalue weighted by atomic mass is 10.0. The largest absolute Gasteiger partial charge is 0.385 e. The lowest BCUT2D eigenvalue weighted by molar-refractivity contribution is 0.105. The summed E-state index contributed by atoms with van der Waals surface area (Å²) in [6.07, 6.45) is 5.48. The molecule has 0 aromatic carbocycles. The van der Waals surface area contributed by atoms with Crippen LogP contribution in [0.5, 0.6) is 0 Å². The minimum atomic E-state index is -0.653. The summed E-state index contributed by atoms with van der Waals surface area (Å²) in [4.78, 5) is 8.85. The molecule has 4 aromatic heterocycles. The fraction of sp³-hybridized carbons (Fsp3) is 0.316. The number of aryl methyl sites for hydroxylation is 1. The maximum absolute atomic E-state index is 10.5. The van der Waals surface area contributed by atoms with Crippen molar-refractivity contribution in [2.24, 2.45) is 13.0 Å². The Morgan fingerprint density at radius 1 is 1.18 bits per heavy atom. The molecular formula is C19H22N8O. The Morgan fingerprint density at radius 3 is 2.79 bits per heavy atom. The first kappa shape index (κ1) is 18.1. The van der Waals surface area contributed by atoms with E-state index in [2.05, 4.69) is 30.6 Å². The van der Waals surface area contributed by atoms with Crippen LogP contribution in [0.4, 0.5) is 11.8 Å². The van der Waals surface area contributed by atoms with Crippen molar-refractivity contribution >= 4 is 17.4 Å². The van der Waals surface area contributed by atoms with Crippen molar-refractivity contribution in [1.29, 1.82) is 0 Å². The van der Waals surface area contributed by atoms with E-state index in [4.69, 9.17) is 0 Å². The molecule has 28 heavy (non-hydrogen) atoms. The van der Waals surface area contributed by atoms with E-state index in [-0.39, 0.29) is 5.92 Å². The number of aliphatic hydroxyl groups excluding tert-OH is 1. The van der Waals surface area contributed by atoms with Gasteiger partial charge in [-0.1, -0.05) is 20.3 Å². The zero-order valence-corrected chi connectivity index (χ0v) is 16.0. The molecule has 0 amide bonds. The second-order valence-electron chi connectivity index (χ2n) is 6.76. The van der Waals surface area contributed by atoms with E-state index < -0.39 is 6.10 Å². The van der Waals surface area contributed by atoms with E-state index in [0.29, 0.717) is 17.4 Å². The summed E-state index contributed by atoms with van der Waals surface area (Å²) >= 11 is 0. The van der Waals surface area contributed by atoms with Gasteiger partial charge in [-0.2, -0.15) is 5.10 Å². The maximum atomic E-state index is 10.5. The van der Waals surface area contributed by atoms with Crippen molar-refractivity contribution in [2.75, 3.05) is 5.32 Å². The van der Waals surface area contributed by atoms with Crippen molar-refractivity contribution in [2.45, 2.75) is 26.4 Å². The van der Waals surface area contributed by atoms with Gasteiger partial charge in [-0.15, -0.1) is 10.2 Å². The molecule has 0 spiro atoms. The van der Waals surface area contributed by atoms with Crippen LogP contribution in [0.1, 0.15) is 32.2 Å². The van der Waals surface area contributed by atoms with Crippen molar-refractivity contribution in [3.05, 3.63) is 48.7 Å². The first-order valence-corrected chi connectivity index (χ1v) is 9.18. The highest BCUT2D eigenvalue weighted by molar-refractivity contribution is 5.65. The molecule has 0 bridgehead atoms. The molecule has 0 aliphatic heterocycles. The molecule has 9 heteroatoms. The zero-order chi connectivity index (χ0) is 19.7. The normalized spacial score (nSPS) is 13.6. The van der Waals surface area contributed by atoms with Gasteiger partial charge >= 0.3 is 0 Å². The monoisotopic (exact) mass is 378 g/mol. The van der Waals surface area contributed by atoms with E-state index >= 15 is 0 Å². The van der Waals surface area contributed by atoms with Gasteiger partial charge in [0.15, 0.2) is 11.5 Å². The predicted octanol–water partition coefficient (Wildman–Crippen LogP) is 2.74. The van der Waals surface area contributed by atoms with Crippen LogP contribution < -0.4 is 5.32 Å². The van der Waals surface area contributed by atoms with Crippen molar-refractivity contribution < 1.29 is 5.11 Å². The molecule has 0 aliphatic carbocycles. The molecule has 0 fully saturated rings. The highest BCUT2D eigenvalue weighted by atomic mass is 16.3. The molecule has 0 saturated carbocycles. The first-order chi connectivity index (χ1) is 13.6. The average molecular weight is 378 g/mol. The summed E-state index contributed by atoms with van der Waals surface area (Å²) in [5.41, 5.74) is 2.31. The molecule has 2 N–H and O–H groups in total. The molecule has 4 rings (SSSR count). The Kier molecular flexibility index (Phi) is 4.74. The van der Waals surface area contributed by atoms with Crippen LogP contribution in [0.2, 0.25) is 0 Å². The molecular weight excluding hydrogens is 356 g/mol. The predicted molar refractivity (Wildman–Crippen MR) is 105 cm³/mol. The van der Waals surface area contributed by atoms with E-state index in [0.717, 1.165) is 23.5 Å². The van der Waals surface area contributed by atoms with Crippen LogP contribution in [0, 0.1) is 5.92 Å². The Balaban J connectivity index is 1.65. The fourth-order valence-electron chi connectivity index (χ4n) is 2.94. The molecule has 0 aliphatic rings. The van der Waals surface area contributed by atoms with Gasteiger partial charge < -0.3 is 10.4 Å². The number of rotatable bonds is 6. The Bertz CT molecular complexity index is 1100. The van der Waals surface area contributed by atoms with E-state index in [1.165, 1.54) is 0 Å². The average Bonchev–Trinajstić information content (AvgIpc) is 3.32. The topological polar surface area (TPSA) is 106 Å². The van der Waals surface area contributed by atoms with E-state index in [9.17, 15) is 5.11 Å². The second-order valence-corrected chi connectivity index (χ2v) is 6.76. The zero-order valence-electron chi connectivity index (χ0n) is 16.0. The molecule has 0 saturated heterocycles. The van der Waals surface area contributed by atoms with E-state index in [1.807, 2.05) is 55.8 Å². The number of nitrogens with zero attached hydrogens (tertiary/aromatic N) is 7. The highest BCUT2D eigenvalue weighted by Gasteiger charge is 2.20. The van der Waals surface area contributed by atoms with Crippen LogP contribution in [0.15, 0.2) is 42.9 Å². The third-order valence-electron chi connectivity index (χ3n) is 4.90. The first-order valence-electron chi connectivity index (χ1n) is 9.18. The van der Waals surface area contributed by atoms with Gasteiger partial charge in [-0.25, -0.2) is 9.97 Å². The quantitative estimate of drug-likeness (QED) is 0.531. The summed E-state index contributed by atoms with van der Waals surface area (Å²) in [5, 5.41) is 26.2. The van der Waals surface area contributed by atoms with Crippen LogP contribution in [-0.4, -0.2) is 39.5 Å². The number of pyridine rings is 1. The number of fused-ring (bicyclic) bond motifs is 1. The maximum Gasteiger partial charge on any atom is 0.228 e. The molecule has 9 nitrogen and oxygen atoms in total. The Morgan fingerprint density at radius 2 is 2.04 bits per heavy atom. The lowest BCUT2D eigenvalue weighted by Crippen LogP contribution is -2.11. The number of aliphatic hydroxyl groups is 1. The van der Waals surface area contributed by atoms with Crippen LogP contribution in [0.25, 0.3) is 16.9 Å². The van der Waals surface area contributed by atoms with Crippen LogP contribution in [-0.2, 0) is 7.05 Å². The highest BCUT2D eigenvalue weighted by Crippen LogP contribution is 2.25. The summed E-state index contributed by atoms with van der Waals surface area (Å²) in [6.45, 7) is 4.04. The smallest absolute Gasteiger partial charge is 0.228 e. The molecule has 0 radical (unpaired) electrons. The van der Waals surface area contributed by atoms with Gasteiger partial charge in [0.05, 0.1) is 11.9 Å². The number of hydrogen-bond donors (Lipinski definition) is 2. The SMILES string of the molecule is CCC(C)C(O)c1nnc2cc(-c3ccnc(Nc4ccnn4C)n3)ccn12. The van der Waals surface area contributed by atoms with Gasteiger partial charge in [0, 0.05) is 31.1 Å². The standard InChI is InChI=1S/C19H22N8O/c1-4-12(2)17(28)18-25-24-16-11-13(7-10-27(16)18)14-5-8-20-19(22-14)23-15-6-9-21-26(15)3/h5-12,17,28H,4H2,1-3H3,(H,20,22,23). The third kappa shape index (κ3) is 3.31. The van der Waals surface area contributed by atoms with E-state index in [1.54, 1.807) is 17.1 Å². The second kappa shape index (κ2) is 7.35. The van der Waals surface area contributed by atoms with Gasteiger partial charge in [-0.05, 0) is 24.1 Å². The summed E-state index contributed by atoms with van der Waals surface area (Å²) < 4.78 is 3.53. The summed E-state index contributed by atoms with van der Waals surface area (Å²) in [5.74, 6) is 1.94. The molecule has 4 aromatic rings. The third-order valence-corrected chi connectivity index (χ3v) is 4.90. The van der Waals surface area contributed by atoms with Crippen molar-refractivity contribution in [1.82, 2.24) is 34.3 Å². The molecule has 2 unspecified atom stereocenters. The Labute approximate surface area is 162 Å². The lowest BCUT2D eigenvalue weighted by Gasteiger charge is -2.15. The number of aromatic nitrogens is 7. The molecule has 4 heterocycles. The van der Waals surface area contributed by atoms with Gasteiger partial charge in [0.2, 0.25) is 5.95 Å². The molecule has 2 atom stereocenters. The minimum Gasteiger partial charge on any atom is -0.385 e. The fourth-order valence-corrected chi connectivity index (χ4v) is 2.94. The number of nitrogens with one attached hydrogen (secondary N) is 1. The Hall–Kier alpha value is -3.33. The van der Waals surface area contributed by atoms with Gasteiger partial charge in [0.1, 0.15) is 11.9 Å². The number of anilines is 2. The van der Waals surface area contributed by atoms with Crippen molar-refractivity contribution in [3.63, 3.8) is 0 Å². The summed E-state index contributed by atoms with van der Waals surface area (Å²) in [7, 11) is 1.84. The van der Waals surface area contributed by atoms with Crippen LogP contribution in [0.3, 0.4) is 0 Å². The minimum absolute atomic E-state index is 0.106. The van der Waals surface area contributed by atoms with Crippen molar-refractivity contribution in [3.8, 4) is 11.3 Å². The van der Waals surface area contributed by atoms with Gasteiger partial charge in [0.25, 0.3) is 0 Å². The van der Waals surface area contributed by atoms with Crippen LogP contribution >= 0.6 is 0 Å². The van der Waals surface area contributed by atoms with Gasteiger partial charge in [-0.3, -0.25) is 9.08 Å². The summed E-state index contributed by atoms with van der Waals surface area (Å²) in [6, 6.07) is 7.52.